The van der Waals surface area contributed by atoms with Crippen LogP contribution in [0.15, 0.2) is 40.1 Å². The summed E-state index contributed by atoms with van der Waals surface area (Å²) in [7, 11) is 0. The monoisotopic (exact) mass is 162 g/mol. The molecule has 0 aromatic carbocycles. The summed E-state index contributed by atoms with van der Waals surface area (Å²) in [4.78, 5) is 6.19. The van der Waals surface area contributed by atoms with Crippen molar-refractivity contribution in [2.45, 2.75) is 6.54 Å². The van der Waals surface area contributed by atoms with Gasteiger partial charge in [0.1, 0.15) is 12.4 Å². The van der Waals surface area contributed by atoms with Gasteiger partial charge < -0.3 is 9.32 Å². The van der Waals surface area contributed by atoms with Crippen molar-refractivity contribution < 1.29 is 4.42 Å². The smallest absolute Gasteiger partial charge is 0.123 e. The first-order valence-corrected chi connectivity index (χ1v) is 3.88. The van der Waals surface area contributed by atoms with Gasteiger partial charge in [0.15, 0.2) is 0 Å². The van der Waals surface area contributed by atoms with Crippen molar-refractivity contribution >= 4 is 6.21 Å². The van der Waals surface area contributed by atoms with Gasteiger partial charge in [-0.2, -0.15) is 0 Å². The van der Waals surface area contributed by atoms with E-state index >= 15 is 0 Å². The minimum atomic E-state index is 0.719. The molecule has 62 valence electrons. The maximum absolute atomic E-state index is 5.21. The van der Waals surface area contributed by atoms with Gasteiger partial charge in [0.25, 0.3) is 0 Å². The third-order valence-corrected chi connectivity index (χ3v) is 1.69. The second-order valence-corrected chi connectivity index (χ2v) is 2.64. The fourth-order valence-electron chi connectivity index (χ4n) is 1.13. The van der Waals surface area contributed by atoms with Crippen LogP contribution in [0, 0.1) is 0 Å². The van der Waals surface area contributed by atoms with Crippen molar-refractivity contribution in [1.29, 1.82) is 0 Å². The Balaban J connectivity index is 1.96. The first kappa shape index (κ1) is 7.16. The number of furan rings is 1. The summed E-state index contributed by atoms with van der Waals surface area (Å²) in [6, 6.07) is 3.86. The highest BCUT2D eigenvalue weighted by Crippen LogP contribution is 2.06. The molecule has 0 fully saturated rings. The Hall–Kier alpha value is -1.51. The van der Waals surface area contributed by atoms with Crippen LogP contribution in [0.25, 0.3) is 0 Å². The maximum atomic E-state index is 5.21. The molecule has 0 saturated carbocycles. The van der Waals surface area contributed by atoms with Crippen molar-refractivity contribution in [3.8, 4) is 0 Å². The van der Waals surface area contributed by atoms with Crippen LogP contribution in [0.5, 0.6) is 0 Å². The van der Waals surface area contributed by atoms with E-state index in [-0.39, 0.29) is 0 Å². The van der Waals surface area contributed by atoms with Gasteiger partial charge in [-0.1, -0.05) is 0 Å². The molecule has 1 aliphatic rings. The normalized spacial score (nSPS) is 15.5. The number of rotatable bonds is 2. The minimum Gasteiger partial charge on any atom is -0.467 e. The molecule has 3 heteroatoms. The van der Waals surface area contributed by atoms with Gasteiger partial charge in [0, 0.05) is 12.4 Å². The quantitative estimate of drug-likeness (QED) is 0.661. The lowest BCUT2D eigenvalue weighted by Crippen LogP contribution is -2.18. The second-order valence-electron chi connectivity index (χ2n) is 2.64. The zero-order chi connectivity index (χ0) is 8.23. The molecule has 0 aliphatic carbocycles. The van der Waals surface area contributed by atoms with Gasteiger partial charge in [0.2, 0.25) is 0 Å². The van der Waals surface area contributed by atoms with Gasteiger partial charge in [-0.25, -0.2) is 0 Å². The summed E-state index contributed by atoms with van der Waals surface area (Å²) < 4.78 is 5.21. The van der Waals surface area contributed by atoms with Crippen molar-refractivity contribution in [2.24, 2.45) is 4.99 Å². The van der Waals surface area contributed by atoms with Crippen molar-refractivity contribution in [3.05, 3.63) is 36.4 Å². The van der Waals surface area contributed by atoms with Crippen molar-refractivity contribution in [2.75, 3.05) is 6.67 Å². The fourth-order valence-corrected chi connectivity index (χ4v) is 1.13. The van der Waals surface area contributed by atoms with Crippen molar-refractivity contribution in [3.63, 3.8) is 0 Å². The van der Waals surface area contributed by atoms with E-state index in [2.05, 4.69) is 9.89 Å². The molecule has 0 spiro atoms. The molecular formula is C9H10N2O. The Morgan fingerprint density at radius 1 is 1.58 bits per heavy atom. The van der Waals surface area contributed by atoms with Crippen LogP contribution in [0.3, 0.4) is 0 Å². The number of aliphatic imine (C=N–C) groups is 1. The molecule has 2 rings (SSSR count). The van der Waals surface area contributed by atoms with E-state index in [1.165, 1.54) is 0 Å². The largest absolute Gasteiger partial charge is 0.467 e. The molecule has 1 aromatic rings. The van der Waals surface area contributed by atoms with Crippen LogP contribution in [-0.2, 0) is 6.54 Å². The third-order valence-electron chi connectivity index (χ3n) is 1.69. The Labute approximate surface area is 71.0 Å². The van der Waals surface area contributed by atoms with Gasteiger partial charge in [-0.05, 0) is 18.2 Å². The summed E-state index contributed by atoms with van der Waals surface area (Å²) in [5.41, 5.74) is 0. The molecule has 0 unspecified atom stereocenters. The molecule has 0 atom stereocenters. The van der Waals surface area contributed by atoms with E-state index in [4.69, 9.17) is 4.42 Å². The molecule has 1 aliphatic heterocycles. The second kappa shape index (κ2) is 3.26. The van der Waals surface area contributed by atoms with Crippen LogP contribution >= 0.6 is 0 Å². The number of allylic oxidation sites excluding steroid dienone is 1. The van der Waals surface area contributed by atoms with Crippen molar-refractivity contribution in [1.82, 2.24) is 4.90 Å². The number of hydrogen-bond donors (Lipinski definition) is 0. The summed E-state index contributed by atoms with van der Waals surface area (Å²) in [5, 5.41) is 0. The SMILES string of the molecule is C1=CN(Cc2ccco2)CN=C1. The van der Waals surface area contributed by atoms with Crippen LogP contribution in [-0.4, -0.2) is 17.8 Å². The van der Waals surface area contributed by atoms with Crippen LogP contribution in [0.2, 0.25) is 0 Å². The first-order valence-electron chi connectivity index (χ1n) is 3.88. The highest BCUT2D eigenvalue weighted by atomic mass is 16.3. The lowest BCUT2D eigenvalue weighted by atomic mass is 10.4. The Morgan fingerprint density at radius 3 is 3.25 bits per heavy atom. The molecule has 1 aromatic heterocycles. The van der Waals surface area contributed by atoms with E-state index in [0.29, 0.717) is 0 Å². The van der Waals surface area contributed by atoms with Crippen LogP contribution < -0.4 is 0 Å². The van der Waals surface area contributed by atoms with Gasteiger partial charge in [-0.15, -0.1) is 0 Å². The summed E-state index contributed by atoms with van der Waals surface area (Å²) >= 11 is 0. The predicted octanol–water partition coefficient (Wildman–Crippen LogP) is 1.64. The zero-order valence-electron chi connectivity index (χ0n) is 6.68. The average molecular weight is 162 g/mol. The van der Waals surface area contributed by atoms with E-state index in [9.17, 15) is 0 Å². The molecule has 2 heterocycles. The lowest BCUT2D eigenvalue weighted by molar-refractivity contribution is 0.336. The lowest BCUT2D eigenvalue weighted by Gasteiger charge is -2.17. The predicted molar refractivity (Wildman–Crippen MR) is 46.8 cm³/mol. The molecule has 0 amide bonds. The van der Waals surface area contributed by atoms with Gasteiger partial charge in [0.05, 0.1) is 12.8 Å². The molecule has 0 N–H and O–H groups in total. The Bertz CT molecular complexity index is 287. The third kappa shape index (κ3) is 1.56. The summed E-state index contributed by atoms with van der Waals surface area (Å²) in [5.74, 6) is 0.969. The van der Waals surface area contributed by atoms with E-state index in [1.54, 1.807) is 12.5 Å². The molecule has 0 bridgehead atoms. The number of nitrogens with zero attached hydrogens (tertiary/aromatic N) is 2. The molecule has 12 heavy (non-hydrogen) atoms. The highest BCUT2D eigenvalue weighted by molar-refractivity contribution is 5.71. The highest BCUT2D eigenvalue weighted by Gasteiger charge is 2.02. The summed E-state index contributed by atoms with van der Waals surface area (Å²) in [6.45, 7) is 1.51. The Kier molecular flexibility index (Phi) is 1.94. The molecular weight excluding hydrogens is 152 g/mol. The maximum Gasteiger partial charge on any atom is 0.123 e. The average Bonchev–Trinajstić information content (AvgIpc) is 2.59. The first-order chi connectivity index (χ1) is 5.95. The minimum absolute atomic E-state index is 0.719. The van der Waals surface area contributed by atoms with Crippen LogP contribution in [0.4, 0.5) is 0 Å². The molecule has 0 saturated heterocycles. The van der Waals surface area contributed by atoms with Gasteiger partial charge >= 0.3 is 0 Å². The zero-order valence-corrected chi connectivity index (χ0v) is 6.68. The molecule has 0 radical (unpaired) electrons. The fraction of sp³-hybridized carbons (Fsp3) is 0.222. The van der Waals surface area contributed by atoms with Gasteiger partial charge in [-0.3, -0.25) is 4.99 Å². The van der Waals surface area contributed by atoms with Crippen LogP contribution in [0.1, 0.15) is 5.76 Å². The van der Waals surface area contributed by atoms with E-state index in [0.717, 1.165) is 19.0 Å². The van der Waals surface area contributed by atoms with E-state index in [1.807, 2.05) is 24.4 Å². The Morgan fingerprint density at radius 2 is 2.58 bits per heavy atom. The standard InChI is InChI=1S/C9H10N2O/c1-3-9(12-6-1)7-11-5-2-4-10-8-11/h1-6H,7-8H2. The molecule has 3 nitrogen and oxygen atoms in total. The topological polar surface area (TPSA) is 28.7 Å². The summed E-state index contributed by atoms with van der Waals surface area (Å²) in [6.07, 6.45) is 7.42. The van der Waals surface area contributed by atoms with E-state index < -0.39 is 0 Å². The number of hydrogen-bond acceptors (Lipinski definition) is 3.